The summed E-state index contributed by atoms with van der Waals surface area (Å²) in [4.78, 5) is 2.28. The lowest BCUT2D eigenvalue weighted by Gasteiger charge is -2.17. The monoisotopic (exact) mass is 588 g/mol. The molecule has 6 rings (SSSR count). The molecule has 6 nitrogen and oxygen atoms in total. The summed E-state index contributed by atoms with van der Waals surface area (Å²) in [5, 5.41) is 2.30. The van der Waals surface area contributed by atoms with Gasteiger partial charge in [-0.15, -0.1) is 0 Å². The van der Waals surface area contributed by atoms with Crippen molar-refractivity contribution in [3.8, 4) is 23.0 Å². The molecule has 0 atom stereocenters. The van der Waals surface area contributed by atoms with E-state index in [4.69, 9.17) is 18.9 Å². The molecular formula is C35H41ClN2O4. The van der Waals surface area contributed by atoms with Gasteiger partial charge in [0.2, 0.25) is 12.0 Å². The van der Waals surface area contributed by atoms with Crippen molar-refractivity contribution in [2.24, 2.45) is 0 Å². The zero-order valence-electron chi connectivity index (χ0n) is 24.3. The Hall–Kier alpha value is -3.64. The van der Waals surface area contributed by atoms with Crippen LogP contribution in [0.1, 0.15) is 51.4 Å². The van der Waals surface area contributed by atoms with Gasteiger partial charge in [0, 0.05) is 5.39 Å². The predicted molar refractivity (Wildman–Crippen MR) is 166 cm³/mol. The van der Waals surface area contributed by atoms with Crippen LogP contribution in [0.5, 0.6) is 23.0 Å². The third kappa shape index (κ3) is 7.22. The third-order valence-corrected chi connectivity index (χ3v) is 7.76. The summed E-state index contributed by atoms with van der Waals surface area (Å²) < 4.78 is 27.8. The van der Waals surface area contributed by atoms with E-state index in [1.54, 1.807) is 0 Å². The highest BCUT2D eigenvalue weighted by Crippen LogP contribution is 2.42. The van der Waals surface area contributed by atoms with Crippen molar-refractivity contribution in [3.05, 3.63) is 72.8 Å². The number of nitrogens with zero attached hydrogens (tertiary/aromatic N) is 2. The van der Waals surface area contributed by atoms with Crippen LogP contribution < -0.4 is 36.3 Å². The SMILES string of the molecule is C1=[N+]2CCN1c1c3cccc1OCCC/C=C/CCCOc1ccc4ccc(cc4c12)OCCC/C=C/CCCO3.[Cl-]. The van der Waals surface area contributed by atoms with Gasteiger partial charge in [0.1, 0.15) is 18.8 Å². The first-order valence-corrected chi connectivity index (χ1v) is 15.3. The molecule has 222 valence electrons. The number of benzene rings is 3. The Labute approximate surface area is 255 Å². The number of hydrogen-bond donors (Lipinski definition) is 0. The van der Waals surface area contributed by atoms with Crippen molar-refractivity contribution < 1.29 is 35.9 Å². The number of ether oxygens (including phenoxy) is 4. The fourth-order valence-corrected chi connectivity index (χ4v) is 5.63. The van der Waals surface area contributed by atoms with Crippen LogP contribution in [0.25, 0.3) is 10.8 Å². The summed E-state index contributed by atoms with van der Waals surface area (Å²) in [6, 6.07) is 16.9. The van der Waals surface area contributed by atoms with Crippen LogP contribution in [-0.4, -0.2) is 50.4 Å². The summed E-state index contributed by atoms with van der Waals surface area (Å²) in [5.41, 5.74) is 2.08. The number of fused-ring (bicyclic) bond motifs is 1. The second kappa shape index (κ2) is 15.0. The van der Waals surface area contributed by atoms with Gasteiger partial charge < -0.3 is 31.4 Å². The molecule has 0 radical (unpaired) electrons. The van der Waals surface area contributed by atoms with Crippen LogP contribution in [0.3, 0.4) is 0 Å². The topological polar surface area (TPSA) is 43.2 Å². The van der Waals surface area contributed by atoms with E-state index in [-0.39, 0.29) is 12.4 Å². The summed E-state index contributed by atoms with van der Waals surface area (Å²) >= 11 is 0. The molecule has 3 heterocycles. The third-order valence-electron chi connectivity index (χ3n) is 7.76. The number of allylic oxidation sites excluding steroid dienone is 4. The van der Waals surface area contributed by atoms with Crippen LogP contribution in [0.15, 0.2) is 72.8 Å². The number of rotatable bonds is 0. The van der Waals surface area contributed by atoms with Crippen molar-refractivity contribution in [3.63, 3.8) is 0 Å². The first-order chi connectivity index (χ1) is 20.4. The molecule has 0 saturated carbocycles. The average Bonchev–Trinajstić information content (AvgIpc) is 3.47. The summed E-state index contributed by atoms with van der Waals surface area (Å²) in [6.07, 6.45) is 19.2. The highest BCUT2D eigenvalue weighted by atomic mass is 35.5. The van der Waals surface area contributed by atoms with E-state index in [2.05, 4.69) is 82.6 Å². The molecule has 42 heavy (non-hydrogen) atoms. The smallest absolute Gasteiger partial charge is 0.245 e. The zero-order chi connectivity index (χ0) is 27.7. The highest BCUT2D eigenvalue weighted by Gasteiger charge is 2.31. The maximum absolute atomic E-state index is 6.47. The van der Waals surface area contributed by atoms with Crippen molar-refractivity contribution in [2.75, 3.05) is 44.4 Å². The minimum atomic E-state index is 0. The maximum Gasteiger partial charge on any atom is 0.245 e. The molecule has 3 aliphatic heterocycles. The van der Waals surface area contributed by atoms with Gasteiger partial charge in [-0.3, -0.25) is 0 Å². The predicted octanol–water partition coefficient (Wildman–Crippen LogP) is 4.81. The van der Waals surface area contributed by atoms with Gasteiger partial charge >= 0.3 is 0 Å². The van der Waals surface area contributed by atoms with Crippen LogP contribution >= 0.6 is 0 Å². The Balaban J connectivity index is 0.00000353. The van der Waals surface area contributed by atoms with Gasteiger partial charge in [0.25, 0.3) is 0 Å². The lowest BCUT2D eigenvalue weighted by molar-refractivity contribution is -0.423. The Kier molecular flexibility index (Phi) is 10.7. The van der Waals surface area contributed by atoms with Crippen molar-refractivity contribution in [1.82, 2.24) is 0 Å². The molecule has 0 amide bonds. The second-order valence-corrected chi connectivity index (χ2v) is 10.8. The minimum Gasteiger partial charge on any atom is -1.00 e. The van der Waals surface area contributed by atoms with Gasteiger partial charge in [-0.25, -0.2) is 9.48 Å². The lowest BCUT2D eigenvalue weighted by Crippen LogP contribution is -3.00. The normalized spacial score (nSPS) is 19.6. The summed E-state index contributed by atoms with van der Waals surface area (Å²) in [7, 11) is 0. The summed E-state index contributed by atoms with van der Waals surface area (Å²) in [6.45, 7) is 4.34. The van der Waals surface area contributed by atoms with Crippen LogP contribution in [0, 0.1) is 0 Å². The van der Waals surface area contributed by atoms with Crippen LogP contribution in [0.2, 0.25) is 0 Å². The number of hydrogen-bond acceptors (Lipinski definition) is 5. The molecule has 0 aromatic heterocycles. The highest BCUT2D eigenvalue weighted by molar-refractivity contribution is 5.96. The van der Waals surface area contributed by atoms with Gasteiger partial charge in [-0.1, -0.05) is 42.5 Å². The Morgan fingerprint density at radius 1 is 0.619 bits per heavy atom. The molecule has 3 aromatic carbocycles. The minimum absolute atomic E-state index is 0. The van der Waals surface area contributed by atoms with Gasteiger partial charge in [-0.2, -0.15) is 0 Å². The van der Waals surface area contributed by atoms with E-state index in [9.17, 15) is 0 Å². The fourth-order valence-electron chi connectivity index (χ4n) is 5.63. The van der Waals surface area contributed by atoms with E-state index in [1.165, 1.54) is 5.39 Å². The number of anilines is 1. The molecule has 3 aromatic rings. The van der Waals surface area contributed by atoms with E-state index < -0.39 is 0 Å². The standard InChI is InChI=1S/C35H41N2O4.ClH/c1-2-6-10-23-39-31-14-13-15-32-35(31)37-21-20-36(27-37)34-30-26-29(38-22-9-5-1)18-16-28(30)17-19-33(34)41-25-12-8-4-3-7-11-24-40-32;/h1-4,13-19,26-27H,5-12,20-25H2;1H/q+1;/p-1/b2-1+,4-3+;. The zero-order valence-corrected chi connectivity index (χ0v) is 25.1. The molecule has 3 aliphatic rings. The Morgan fingerprint density at radius 3 is 1.83 bits per heavy atom. The molecule has 7 heteroatoms. The fraction of sp³-hybridized carbons (Fsp3) is 0.400. The van der Waals surface area contributed by atoms with Gasteiger partial charge in [0.05, 0.1) is 26.4 Å². The molecule has 0 spiro atoms. The number of halogens is 1. The Bertz CT molecular complexity index is 1430. The molecule has 6 bridgehead atoms. The van der Waals surface area contributed by atoms with Crippen LogP contribution in [-0.2, 0) is 0 Å². The lowest BCUT2D eigenvalue weighted by atomic mass is 10.1. The van der Waals surface area contributed by atoms with Crippen LogP contribution in [0.4, 0.5) is 11.4 Å². The van der Waals surface area contributed by atoms with Crippen molar-refractivity contribution >= 4 is 28.5 Å². The molecule has 0 unspecified atom stereocenters. The number of para-hydroxylation sites is 1. The molecule has 0 fully saturated rings. The molecule has 0 aliphatic carbocycles. The first kappa shape index (κ1) is 29.8. The molecule has 0 N–H and O–H groups in total. The van der Waals surface area contributed by atoms with Crippen molar-refractivity contribution in [1.29, 1.82) is 0 Å². The molecule has 0 saturated heterocycles. The van der Waals surface area contributed by atoms with E-state index in [0.29, 0.717) is 26.4 Å². The van der Waals surface area contributed by atoms with E-state index in [1.807, 2.05) is 6.07 Å². The average molecular weight is 589 g/mol. The van der Waals surface area contributed by atoms with Gasteiger partial charge in [-0.05, 0) is 87.1 Å². The Morgan fingerprint density at radius 2 is 1.19 bits per heavy atom. The first-order valence-electron chi connectivity index (χ1n) is 15.3. The molecular weight excluding hydrogens is 548 g/mol. The van der Waals surface area contributed by atoms with Gasteiger partial charge in [0.15, 0.2) is 22.9 Å². The quantitative estimate of drug-likeness (QED) is 0.279. The maximum atomic E-state index is 6.47. The second-order valence-electron chi connectivity index (χ2n) is 10.8. The largest absolute Gasteiger partial charge is 1.00 e. The van der Waals surface area contributed by atoms with Crippen molar-refractivity contribution in [2.45, 2.75) is 51.4 Å². The van der Waals surface area contributed by atoms with E-state index in [0.717, 1.165) is 104 Å². The summed E-state index contributed by atoms with van der Waals surface area (Å²) in [5.74, 6) is 3.53. The van der Waals surface area contributed by atoms with E-state index >= 15 is 0 Å².